The van der Waals surface area contributed by atoms with Crippen molar-refractivity contribution in [2.75, 3.05) is 13.3 Å². The summed E-state index contributed by atoms with van der Waals surface area (Å²) in [6.45, 7) is 2.86. The zero-order chi connectivity index (χ0) is 18.4. The van der Waals surface area contributed by atoms with Crippen molar-refractivity contribution in [3.63, 3.8) is 0 Å². The van der Waals surface area contributed by atoms with Crippen LogP contribution >= 0.6 is 0 Å². The highest BCUT2D eigenvalue weighted by molar-refractivity contribution is 5.74. The fourth-order valence-corrected chi connectivity index (χ4v) is 2.91. The lowest BCUT2D eigenvalue weighted by molar-refractivity contribution is 0.174. The number of carbonyl (C=O) groups excluding carboxylic acids is 1. The van der Waals surface area contributed by atoms with Crippen LogP contribution < -0.4 is 20.1 Å². The number of rotatable bonds is 7. The molecule has 2 aromatic carbocycles. The van der Waals surface area contributed by atoms with Gasteiger partial charge in [0.2, 0.25) is 6.79 Å². The molecular weight excluding hydrogens is 335 g/mol. The lowest BCUT2D eigenvalue weighted by Gasteiger charge is -2.20. The van der Waals surface area contributed by atoms with Crippen LogP contribution in [-0.4, -0.2) is 25.4 Å². The van der Waals surface area contributed by atoms with Crippen LogP contribution in [0.25, 0.3) is 0 Å². The van der Waals surface area contributed by atoms with Gasteiger partial charge in [0.05, 0.1) is 0 Å². The molecule has 2 amide bonds. The monoisotopic (exact) mass is 358 g/mol. The van der Waals surface area contributed by atoms with E-state index in [0.717, 1.165) is 29.0 Å². The van der Waals surface area contributed by atoms with E-state index in [2.05, 4.69) is 10.6 Å². The molecule has 0 radical (unpaired) electrons. The summed E-state index contributed by atoms with van der Waals surface area (Å²) in [5, 5.41) is 5.85. The number of carbonyl (C=O) groups is 1. The molecule has 6 heteroatoms. The highest BCUT2D eigenvalue weighted by Gasteiger charge is 2.17. The number of amides is 2. The Hall–Kier alpha value is -2.76. The molecule has 0 saturated heterocycles. The smallest absolute Gasteiger partial charge is 0.315 e. The van der Waals surface area contributed by atoms with Crippen molar-refractivity contribution in [3.8, 4) is 11.5 Å². The van der Waals surface area contributed by atoms with Crippen LogP contribution in [0, 0.1) is 5.82 Å². The summed E-state index contributed by atoms with van der Waals surface area (Å²) in [5.41, 5.74) is 2.00. The summed E-state index contributed by atoms with van der Waals surface area (Å²) in [6.07, 6.45) is 2.11. The van der Waals surface area contributed by atoms with Crippen LogP contribution in [-0.2, 0) is 12.8 Å². The van der Waals surface area contributed by atoms with Crippen LogP contribution in [0.1, 0.15) is 24.5 Å². The Morgan fingerprint density at radius 1 is 1.08 bits per heavy atom. The minimum absolute atomic E-state index is 0.127. The van der Waals surface area contributed by atoms with Crippen molar-refractivity contribution >= 4 is 6.03 Å². The molecule has 0 aliphatic carbocycles. The number of urea groups is 1. The minimum atomic E-state index is -0.269. The van der Waals surface area contributed by atoms with Crippen LogP contribution in [0.15, 0.2) is 42.5 Å². The van der Waals surface area contributed by atoms with E-state index in [9.17, 15) is 9.18 Å². The summed E-state index contributed by atoms with van der Waals surface area (Å²) in [6, 6.07) is 11.8. The van der Waals surface area contributed by atoms with Gasteiger partial charge in [-0.3, -0.25) is 0 Å². The number of ether oxygens (including phenoxy) is 2. The second-order valence-electron chi connectivity index (χ2n) is 6.32. The standard InChI is InChI=1S/C20H23FN2O3/c1-2-9-22-20(24)23-17(10-14-3-6-16(21)7-4-14)11-15-5-8-18-19(12-15)26-13-25-18/h3-8,12,17H,2,9-11,13H2,1H3,(H2,22,23,24). The van der Waals surface area contributed by atoms with Gasteiger partial charge < -0.3 is 20.1 Å². The first kappa shape index (κ1) is 18.0. The zero-order valence-corrected chi connectivity index (χ0v) is 14.8. The zero-order valence-electron chi connectivity index (χ0n) is 14.8. The average Bonchev–Trinajstić information content (AvgIpc) is 3.09. The van der Waals surface area contributed by atoms with Crippen LogP contribution in [0.2, 0.25) is 0 Å². The van der Waals surface area contributed by atoms with Gasteiger partial charge in [0, 0.05) is 12.6 Å². The molecule has 1 aliphatic rings. The van der Waals surface area contributed by atoms with Crippen molar-refractivity contribution in [3.05, 3.63) is 59.4 Å². The first-order chi connectivity index (χ1) is 12.6. The molecule has 2 aromatic rings. The predicted molar refractivity (Wildman–Crippen MR) is 97.0 cm³/mol. The fourth-order valence-electron chi connectivity index (χ4n) is 2.91. The first-order valence-corrected chi connectivity index (χ1v) is 8.81. The molecule has 5 nitrogen and oxygen atoms in total. The van der Waals surface area contributed by atoms with E-state index < -0.39 is 0 Å². The molecule has 1 atom stereocenters. The van der Waals surface area contributed by atoms with Crippen molar-refractivity contribution in [1.29, 1.82) is 0 Å². The maximum absolute atomic E-state index is 13.1. The van der Waals surface area contributed by atoms with Gasteiger partial charge in [-0.2, -0.15) is 0 Å². The second kappa shape index (κ2) is 8.56. The van der Waals surface area contributed by atoms with Crippen molar-refractivity contribution < 1.29 is 18.7 Å². The van der Waals surface area contributed by atoms with E-state index in [4.69, 9.17) is 9.47 Å². The average molecular weight is 358 g/mol. The molecule has 1 heterocycles. The Kier molecular flexibility index (Phi) is 5.94. The van der Waals surface area contributed by atoms with Gasteiger partial charge in [0.1, 0.15) is 5.82 Å². The number of benzene rings is 2. The Labute approximate surface area is 152 Å². The van der Waals surface area contributed by atoms with E-state index in [1.807, 2.05) is 25.1 Å². The summed E-state index contributed by atoms with van der Waals surface area (Å²) < 4.78 is 23.9. The maximum atomic E-state index is 13.1. The van der Waals surface area contributed by atoms with Gasteiger partial charge in [-0.05, 0) is 54.7 Å². The Morgan fingerprint density at radius 2 is 1.77 bits per heavy atom. The SMILES string of the molecule is CCCNC(=O)NC(Cc1ccc(F)cc1)Cc1ccc2c(c1)OCO2. The molecule has 138 valence electrons. The molecule has 1 aliphatic heterocycles. The van der Waals surface area contributed by atoms with E-state index >= 15 is 0 Å². The first-order valence-electron chi connectivity index (χ1n) is 8.81. The third kappa shape index (κ3) is 4.88. The third-order valence-corrected chi connectivity index (χ3v) is 4.19. The predicted octanol–water partition coefficient (Wildman–Crippen LogP) is 3.42. The van der Waals surface area contributed by atoms with Gasteiger partial charge in [0.15, 0.2) is 11.5 Å². The van der Waals surface area contributed by atoms with Gasteiger partial charge in [0.25, 0.3) is 0 Å². The molecule has 3 rings (SSSR count). The number of hydrogen-bond acceptors (Lipinski definition) is 3. The van der Waals surface area contributed by atoms with E-state index in [0.29, 0.717) is 19.4 Å². The van der Waals surface area contributed by atoms with E-state index in [1.54, 1.807) is 12.1 Å². The lowest BCUT2D eigenvalue weighted by Crippen LogP contribution is -2.44. The fraction of sp³-hybridized carbons (Fsp3) is 0.350. The Morgan fingerprint density at radius 3 is 2.54 bits per heavy atom. The molecule has 0 saturated carbocycles. The molecule has 26 heavy (non-hydrogen) atoms. The molecule has 0 aromatic heterocycles. The van der Waals surface area contributed by atoms with Gasteiger partial charge in [-0.15, -0.1) is 0 Å². The van der Waals surface area contributed by atoms with E-state index in [-0.39, 0.29) is 24.7 Å². The normalized spacial score (nSPS) is 13.3. The number of halogens is 1. The number of fused-ring (bicyclic) bond motifs is 1. The Balaban J connectivity index is 1.71. The molecule has 0 bridgehead atoms. The topological polar surface area (TPSA) is 59.6 Å². The third-order valence-electron chi connectivity index (χ3n) is 4.19. The highest BCUT2D eigenvalue weighted by Crippen LogP contribution is 2.32. The molecule has 0 fully saturated rings. The quantitative estimate of drug-likeness (QED) is 0.797. The Bertz CT molecular complexity index is 749. The maximum Gasteiger partial charge on any atom is 0.315 e. The second-order valence-corrected chi connectivity index (χ2v) is 6.32. The number of nitrogens with one attached hydrogen (secondary N) is 2. The van der Waals surface area contributed by atoms with Gasteiger partial charge in [-0.25, -0.2) is 9.18 Å². The van der Waals surface area contributed by atoms with Crippen LogP contribution in [0.5, 0.6) is 11.5 Å². The van der Waals surface area contributed by atoms with Gasteiger partial charge in [-0.1, -0.05) is 25.1 Å². The largest absolute Gasteiger partial charge is 0.454 e. The molecule has 0 spiro atoms. The van der Waals surface area contributed by atoms with Crippen LogP contribution in [0.3, 0.4) is 0 Å². The molecular formula is C20H23FN2O3. The van der Waals surface area contributed by atoms with Crippen molar-refractivity contribution in [2.45, 2.75) is 32.2 Å². The molecule has 2 N–H and O–H groups in total. The van der Waals surface area contributed by atoms with Crippen molar-refractivity contribution in [2.24, 2.45) is 0 Å². The summed E-state index contributed by atoms with van der Waals surface area (Å²) in [4.78, 5) is 12.1. The summed E-state index contributed by atoms with van der Waals surface area (Å²) in [7, 11) is 0. The molecule has 1 unspecified atom stereocenters. The lowest BCUT2D eigenvalue weighted by atomic mass is 9.98. The van der Waals surface area contributed by atoms with Crippen LogP contribution in [0.4, 0.5) is 9.18 Å². The van der Waals surface area contributed by atoms with Gasteiger partial charge >= 0.3 is 6.03 Å². The van der Waals surface area contributed by atoms with Crippen molar-refractivity contribution in [1.82, 2.24) is 10.6 Å². The number of hydrogen-bond donors (Lipinski definition) is 2. The highest BCUT2D eigenvalue weighted by atomic mass is 19.1. The summed E-state index contributed by atoms with van der Waals surface area (Å²) in [5.74, 6) is 1.19. The van der Waals surface area contributed by atoms with E-state index in [1.165, 1.54) is 12.1 Å². The summed E-state index contributed by atoms with van der Waals surface area (Å²) >= 11 is 0. The minimum Gasteiger partial charge on any atom is -0.454 e.